The molecule has 0 unspecified atom stereocenters. The van der Waals surface area contributed by atoms with Gasteiger partial charge >= 0.3 is 5.97 Å². The molecule has 1 fully saturated rings. The van der Waals surface area contributed by atoms with Crippen LogP contribution >= 0.6 is 0 Å². The molecule has 0 atom stereocenters. The molecule has 1 amide bonds. The van der Waals surface area contributed by atoms with Crippen molar-refractivity contribution < 1.29 is 14.7 Å². The summed E-state index contributed by atoms with van der Waals surface area (Å²) < 4.78 is 0. The van der Waals surface area contributed by atoms with Crippen molar-refractivity contribution >= 4 is 11.9 Å². The van der Waals surface area contributed by atoms with Crippen LogP contribution in [0, 0.1) is 0 Å². The van der Waals surface area contributed by atoms with Crippen molar-refractivity contribution in [3.8, 4) is 0 Å². The van der Waals surface area contributed by atoms with Crippen molar-refractivity contribution in [2.75, 3.05) is 26.2 Å². The topological polar surface area (TPSA) is 69.6 Å². The molecule has 0 radical (unpaired) electrons. The molecule has 0 saturated carbocycles. The second-order valence-corrected chi connectivity index (χ2v) is 3.70. The number of rotatable bonds is 5. The summed E-state index contributed by atoms with van der Waals surface area (Å²) in [5.74, 6) is -1.24. The Morgan fingerprint density at radius 2 is 2.19 bits per heavy atom. The van der Waals surface area contributed by atoms with E-state index in [0.29, 0.717) is 18.7 Å². The zero-order valence-corrected chi connectivity index (χ0v) is 9.32. The van der Waals surface area contributed by atoms with Gasteiger partial charge in [-0.25, -0.2) is 0 Å². The zero-order valence-electron chi connectivity index (χ0n) is 9.32. The quantitative estimate of drug-likeness (QED) is 0.509. The molecule has 0 spiro atoms. The minimum Gasteiger partial charge on any atom is -0.480 e. The number of carboxylic acids is 1. The summed E-state index contributed by atoms with van der Waals surface area (Å²) in [5, 5.41) is 11.7. The van der Waals surface area contributed by atoms with E-state index in [0.717, 1.165) is 5.57 Å². The normalized spacial score (nSPS) is 13.9. The van der Waals surface area contributed by atoms with Gasteiger partial charge in [-0.05, 0) is 12.5 Å². The van der Waals surface area contributed by atoms with Crippen molar-refractivity contribution in [2.24, 2.45) is 0 Å². The first-order chi connectivity index (χ1) is 7.56. The van der Waals surface area contributed by atoms with Crippen LogP contribution in [0.15, 0.2) is 23.8 Å². The molecule has 16 heavy (non-hydrogen) atoms. The molecule has 0 aromatic carbocycles. The number of carbonyl (C=O) groups is 2. The van der Waals surface area contributed by atoms with Crippen LogP contribution in [0.5, 0.6) is 0 Å². The van der Waals surface area contributed by atoms with Gasteiger partial charge in [0.05, 0.1) is 0 Å². The molecule has 1 aliphatic heterocycles. The number of nitrogens with one attached hydrogen (secondary N) is 1. The molecular formula is C11H16N2O3. The Morgan fingerprint density at radius 3 is 2.56 bits per heavy atom. The molecule has 1 saturated heterocycles. The first-order valence-electron chi connectivity index (χ1n) is 5.07. The van der Waals surface area contributed by atoms with E-state index in [4.69, 9.17) is 5.11 Å². The Hall–Kier alpha value is -1.62. The molecule has 0 aromatic rings. The Labute approximate surface area is 94.4 Å². The van der Waals surface area contributed by atoms with Crippen molar-refractivity contribution in [2.45, 2.75) is 6.92 Å². The molecule has 1 aliphatic rings. The summed E-state index contributed by atoms with van der Waals surface area (Å²) >= 11 is 0. The lowest BCUT2D eigenvalue weighted by atomic mass is 10.0. The van der Waals surface area contributed by atoms with Gasteiger partial charge in [-0.15, -0.1) is 6.58 Å². The number of carbonyl (C=O) groups excluding carboxylic acids is 1. The van der Waals surface area contributed by atoms with Crippen molar-refractivity contribution in [1.29, 1.82) is 0 Å². The Morgan fingerprint density at radius 1 is 1.56 bits per heavy atom. The van der Waals surface area contributed by atoms with Gasteiger partial charge in [-0.2, -0.15) is 0 Å². The zero-order chi connectivity index (χ0) is 12.1. The van der Waals surface area contributed by atoms with Gasteiger partial charge in [-0.3, -0.25) is 9.59 Å². The summed E-state index contributed by atoms with van der Waals surface area (Å²) in [5.41, 5.74) is 1.69. The monoisotopic (exact) mass is 224 g/mol. The minimum absolute atomic E-state index is 0.223. The molecule has 1 heterocycles. The van der Waals surface area contributed by atoms with Gasteiger partial charge in [0.25, 0.3) is 0 Å². The van der Waals surface area contributed by atoms with Crippen LogP contribution in [0.4, 0.5) is 0 Å². The van der Waals surface area contributed by atoms with E-state index < -0.39 is 5.97 Å². The maximum atomic E-state index is 11.9. The molecular weight excluding hydrogens is 208 g/mol. The highest BCUT2D eigenvalue weighted by molar-refractivity contribution is 5.95. The molecule has 0 aromatic heterocycles. The molecule has 1 rings (SSSR count). The summed E-state index contributed by atoms with van der Waals surface area (Å²) in [6, 6.07) is 0. The molecule has 5 nitrogen and oxygen atoms in total. The molecule has 0 aliphatic carbocycles. The van der Waals surface area contributed by atoms with Gasteiger partial charge in [-0.1, -0.05) is 6.08 Å². The number of amides is 1. The van der Waals surface area contributed by atoms with E-state index in [9.17, 15) is 9.59 Å². The highest BCUT2D eigenvalue weighted by Gasteiger charge is 2.21. The summed E-state index contributed by atoms with van der Waals surface area (Å²) in [4.78, 5) is 23.8. The second-order valence-electron chi connectivity index (χ2n) is 3.70. The average molecular weight is 224 g/mol. The van der Waals surface area contributed by atoms with Gasteiger partial charge < -0.3 is 15.3 Å². The Kier molecular flexibility index (Phi) is 4.25. The van der Waals surface area contributed by atoms with Gasteiger partial charge in [0.15, 0.2) is 0 Å². The Balaban J connectivity index is 2.73. The van der Waals surface area contributed by atoms with E-state index in [-0.39, 0.29) is 19.0 Å². The van der Waals surface area contributed by atoms with Crippen molar-refractivity contribution in [3.05, 3.63) is 23.8 Å². The van der Waals surface area contributed by atoms with Crippen LogP contribution in [0.25, 0.3) is 0 Å². The van der Waals surface area contributed by atoms with Gasteiger partial charge in [0.2, 0.25) is 5.91 Å². The smallest absolute Gasteiger partial charge is 0.323 e. The van der Waals surface area contributed by atoms with Crippen molar-refractivity contribution in [1.82, 2.24) is 10.2 Å². The first-order valence-corrected chi connectivity index (χ1v) is 5.07. The molecule has 88 valence electrons. The van der Waals surface area contributed by atoms with Crippen LogP contribution in [0.2, 0.25) is 0 Å². The van der Waals surface area contributed by atoms with Crippen molar-refractivity contribution in [3.63, 3.8) is 0 Å². The number of hydrogen-bond acceptors (Lipinski definition) is 3. The average Bonchev–Trinajstić information content (AvgIpc) is 2.12. The lowest BCUT2D eigenvalue weighted by molar-refractivity contribution is -0.142. The number of hydrogen-bond donors (Lipinski definition) is 2. The second kappa shape index (κ2) is 5.46. The first kappa shape index (κ1) is 12.4. The number of nitrogens with zero attached hydrogens (tertiary/aromatic N) is 1. The minimum atomic E-state index is -1.01. The SMILES string of the molecule is C=CCN(CC(=O)O)C(=O)C(C)=C1CNC1. The molecule has 5 heteroatoms. The van der Waals surface area contributed by atoms with Gasteiger partial charge in [0.1, 0.15) is 6.54 Å². The fourth-order valence-electron chi connectivity index (χ4n) is 1.44. The molecule has 2 N–H and O–H groups in total. The number of carboxylic acid groups (broad SMARTS) is 1. The summed E-state index contributed by atoms with van der Waals surface area (Å²) in [6.07, 6.45) is 1.53. The van der Waals surface area contributed by atoms with Gasteiger partial charge in [0, 0.05) is 25.2 Å². The van der Waals surface area contributed by atoms with Crippen LogP contribution in [0.1, 0.15) is 6.92 Å². The van der Waals surface area contributed by atoms with Crippen LogP contribution in [-0.2, 0) is 9.59 Å². The Bertz CT molecular complexity index is 341. The maximum absolute atomic E-state index is 11.9. The number of aliphatic carboxylic acids is 1. The highest BCUT2D eigenvalue weighted by Crippen LogP contribution is 2.11. The van der Waals surface area contributed by atoms with E-state index in [1.54, 1.807) is 6.92 Å². The fourth-order valence-corrected chi connectivity index (χ4v) is 1.44. The third kappa shape index (κ3) is 2.93. The standard InChI is InChI=1S/C11H16N2O3/c1-3-4-13(7-10(14)15)11(16)8(2)9-5-12-6-9/h3,12H,1,4-7H2,2H3,(H,14,15). The molecule has 0 bridgehead atoms. The lowest BCUT2D eigenvalue weighted by Crippen LogP contribution is -2.40. The summed E-state index contributed by atoms with van der Waals surface area (Å²) in [6.45, 7) is 6.64. The summed E-state index contributed by atoms with van der Waals surface area (Å²) in [7, 11) is 0. The van der Waals surface area contributed by atoms with E-state index >= 15 is 0 Å². The maximum Gasteiger partial charge on any atom is 0.323 e. The lowest BCUT2D eigenvalue weighted by Gasteiger charge is -2.25. The van der Waals surface area contributed by atoms with E-state index in [1.165, 1.54) is 11.0 Å². The largest absolute Gasteiger partial charge is 0.480 e. The third-order valence-corrected chi connectivity index (χ3v) is 2.49. The highest BCUT2D eigenvalue weighted by atomic mass is 16.4. The predicted molar refractivity (Wildman–Crippen MR) is 60.0 cm³/mol. The van der Waals surface area contributed by atoms with E-state index in [1.807, 2.05) is 0 Å². The fraction of sp³-hybridized carbons (Fsp3) is 0.455. The van der Waals surface area contributed by atoms with Crippen LogP contribution in [-0.4, -0.2) is 48.1 Å². The van der Waals surface area contributed by atoms with Crippen LogP contribution in [0.3, 0.4) is 0 Å². The predicted octanol–water partition coefficient (Wildman–Crippen LogP) is 0.00530. The van der Waals surface area contributed by atoms with E-state index in [2.05, 4.69) is 11.9 Å². The third-order valence-electron chi connectivity index (χ3n) is 2.49. The van der Waals surface area contributed by atoms with Crippen LogP contribution < -0.4 is 5.32 Å².